The molecular formula is C20H17NO5. The Morgan fingerprint density at radius 3 is 2.73 bits per heavy atom. The molecule has 0 unspecified atom stereocenters. The first-order chi connectivity index (χ1) is 12.4. The molecule has 6 nitrogen and oxygen atoms in total. The Morgan fingerprint density at radius 2 is 2.00 bits per heavy atom. The Bertz CT molecular complexity index is 1060. The minimum Gasteiger partial charge on any atom is -0.477 e. The predicted octanol–water partition coefficient (Wildman–Crippen LogP) is 4.19. The lowest BCUT2D eigenvalue weighted by Crippen LogP contribution is -2.01. The van der Waals surface area contributed by atoms with Gasteiger partial charge in [-0.05, 0) is 44.5 Å². The van der Waals surface area contributed by atoms with Crippen LogP contribution < -0.4 is 10.4 Å². The summed E-state index contributed by atoms with van der Waals surface area (Å²) in [6.45, 7) is 3.95. The quantitative estimate of drug-likeness (QED) is 0.548. The van der Waals surface area contributed by atoms with Crippen molar-refractivity contribution >= 4 is 16.9 Å². The average molecular weight is 351 g/mol. The second kappa shape index (κ2) is 7.23. The maximum atomic E-state index is 11.7. The summed E-state index contributed by atoms with van der Waals surface area (Å²) in [5.41, 5.74) is 1.74. The van der Waals surface area contributed by atoms with E-state index < -0.39 is 11.6 Å². The highest BCUT2D eigenvalue weighted by Gasteiger charge is 2.13. The van der Waals surface area contributed by atoms with Crippen molar-refractivity contribution in [1.29, 1.82) is 0 Å². The first-order valence-electron chi connectivity index (χ1n) is 8.00. The third-order valence-electron chi connectivity index (χ3n) is 3.74. The van der Waals surface area contributed by atoms with Crippen molar-refractivity contribution in [2.45, 2.75) is 20.3 Å². The van der Waals surface area contributed by atoms with E-state index in [1.54, 1.807) is 24.3 Å². The van der Waals surface area contributed by atoms with Gasteiger partial charge in [-0.25, -0.2) is 14.6 Å². The topological polar surface area (TPSA) is 89.6 Å². The molecule has 2 heterocycles. The van der Waals surface area contributed by atoms with Gasteiger partial charge in [0.25, 0.3) is 0 Å². The Morgan fingerprint density at radius 1 is 1.23 bits per heavy atom. The second-order valence-electron chi connectivity index (χ2n) is 5.98. The SMILES string of the molecule is CC(C)=CCc1c(Oc2ccnc(C(=O)O)c2)ccc2ccc(=O)oc12. The normalized spacial score (nSPS) is 10.5. The van der Waals surface area contributed by atoms with Gasteiger partial charge in [0, 0.05) is 29.3 Å². The number of fused-ring (bicyclic) bond motifs is 1. The molecule has 3 rings (SSSR count). The number of carbonyl (C=O) groups is 1. The van der Waals surface area contributed by atoms with E-state index in [0.717, 1.165) is 16.5 Å². The van der Waals surface area contributed by atoms with Gasteiger partial charge < -0.3 is 14.3 Å². The molecule has 0 aliphatic heterocycles. The van der Waals surface area contributed by atoms with Crippen LogP contribution in [0.3, 0.4) is 0 Å². The van der Waals surface area contributed by atoms with Crippen molar-refractivity contribution in [2.24, 2.45) is 0 Å². The second-order valence-corrected chi connectivity index (χ2v) is 5.98. The van der Waals surface area contributed by atoms with E-state index in [4.69, 9.17) is 14.3 Å². The number of hydrogen-bond acceptors (Lipinski definition) is 5. The van der Waals surface area contributed by atoms with Crippen LogP contribution in [0.25, 0.3) is 11.0 Å². The van der Waals surface area contributed by atoms with Crippen LogP contribution in [0.2, 0.25) is 0 Å². The van der Waals surface area contributed by atoms with Crippen LogP contribution in [-0.4, -0.2) is 16.1 Å². The summed E-state index contributed by atoms with van der Waals surface area (Å²) >= 11 is 0. The van der Waals surface area contributed by atoms with E-state index in [9.17, 15) is 9.59 Å². The number of rotatable bonds is 5. The van der Waals surface area contributed by atoms with Crippen molar-refractivity contribution in [3.05, 3.63) is 75.9 Å². The molecule has 0 amide bonds. The monoisotopic (exact) mass is 351 g/mol. The maximum Gasteiger partial charge on any atom is 0.354 e. The van der Waals surface area contributed by atoms with Gasteiger partial charge in [-0.3, -0.25) is 0 Å². The number of hydrogen-bond donors (Lipinski definition) is 1. The summed E-state index contributed by atoms with van der Waals surface area (Å²) in [5, 5.41) is 9.86. The summed E-state index contributed by atoms with van der Waals surface area (Å²) in [5.74, 6) is -0.301. The smallest absolute Gasteiger partial charge is 0.354 e. The first kappa shape index (κ1) is 17.4. The molecule has 0 aliphatic carbocycles. The number of pyridine rings is 1. The van der Waals surface area contributed by atoms with Crippen molar-refractivity contribution in [3.8, 4) is 11.5 Å². The Kier molecular flexibility index (Phi) is 4.84. The largest absolute Gasteiger partial charge is 0.477 e. The van der Waals surface area contributed by atoms with Gasteiger partial charge in [-0.2, -0.15) is 0 Å². The van der Waals surface area contributed by atoms with Gasteiger partial charge >= 0.3 is 11.6 Å². The van der Waals surface area contributed by atoms with E-state index in [0.29, 0.717) is 23.5 Å². The number of nitrogens with zero attached hydrogens (tertiary/aromatic N) is 1. The van der Waals surface area contributed by atoms with Crippen LogP contribution >= 0.6 is 0 Å². The maximum absolute atomic E-state index is 11.7. The zero-order valence-corrected chi connectivity index (χ0v) is 14.4. The summed E-state index contributed by atoms with van der Waals surface area (Å²) in [7, 11) is 0. The molecule has 6 heteroatoms. The molecule has 1 N–H and O–H groups in total. The van der Waals surface area contributed by atoms with Crippen LogP contribution in [0, 0.1) is 0 Å². The number of ether oxygens (including phenoxy) is 1. The van der Waals surface area contributed by atoms with E-state index >= 15 is 0 Å². The Balaban J connectivity index is 2.11. The molecule has 0 fully saturated rings. The number of aromatic nitrogens is 1. The fourth-order valence-electron chi connectivity index (χ4n) is 2.49. The van der Waals surface area contributed by atoms with Crippen molar-refractivity contribution in [3.63, 3.8) is 0 Å². The lowest BCUT2D eigenvalue weighted by molar-refractivity contribution is 0.0690. The van der Waals surface area contributed by atoms with E-state index in [1.165, 1.54) is 18.3 Å². The molecule has 0 saturated heterocycles. The summed E-state index contributed by atoms with van der Waals surface area (Å²) in [6, 6.07) is 9.55. The number of benzene rings is 1. The molecule has 0 aliphatic rings. The van der Waals surface area contributed by atoms with Crippen LogP contribution in [-0.2, 0) is 6.42 Å². The van der Waals surface area contributed by atoms with Gasteiger partial charge in [-0.15, -0.1) is 0 Å². The standard InChI is InChI=1S/C20H17NO5/c1-12(2)3-6-15-17(7-4-13-5-8-18(22)26-19(13)15)25-14-9-10-21-16(11-14)20(23)24/h3-5,7-11H,6H2,1-2H3,(H,23,24). The van der Waals surface area contributed by atoms with Crippen LogP contribution in [0.1, 0.15) is 29.9 Å². The number of allylic oxidation sites excluding steroid dienone is 2. The first-order valence-corrected chi connectivity index (χ1v) is 8.00. The summed E-state index contributed by atoms with van der Waals surface area (Å²) < 4.78 is 11.3. The van der Waals surface area contributed by atoms with E-state index in [2.05, 4.69) is 4.98 Å². The summed E-state index contributed by atoms with van der Waals surface area (Å²) in [4.78, 5) is 26.5. The van der Waals surface area contributed by atoms with Crippen LogP contribution in [0.4, 0.5) is 0 Å². The highest BCUT2D eigenvalue weighted by molar-refractivity contribution is 5.86. The average Bonchev–Trinajstić information content (AvgIpc) is 2.60. The molecule has 0 bridgehead atoms. The fourth-order valence-corrected chi connectivity index (χ4v) is 2.49. The molecular weight excluding hydrogens is 334 g/mol. The number of aromatic carboxylic acids is 1. The third kappa shape index (κ3) is 3.80. The minimum absolute atomic E-state index is 0.110. The van der Waals surface area contributed by atoms with Gasteiger partial charge in [-0.1, -0.05) is 11.6 Å². The van der Waals surface area contributed by atoms with Gasteiger partial charge in [0.05, 0.1) is 0 Å². The number of carboxylic acids is 1. The molecule has 0 atom stereocenters. The van der Waals surface area contributed by atoms with Gasteiger partial charge in [0.1, 0.15) is 17.1 Å². The molecule has 0 spiro atoms. The van der Waals surface area contributed by atoms with Gasteiger partial charge in [0.2, 0.25) is 0 Å². The van der Waals surface area contributed by atoms with E-state index in [1.807, 2.05) is 19.9 Å². The molecule has 0 radical (unpaired) electrons. The summed E-state index contributed by atoms with van der Waals surface area (Å²) in [6.07, 6.45) is 3.89. The molecule has 0 saturated carbocycles. The van der Waals surface area contributed by atoms with Crippen molar-refractivity contribution in [2.75, 3.05) is 0 Å². The van der Waals surface area contributed by atoms with E-state index in [-0.39, 0.29) is 5.69 Å². The molecule has 26 heavy (non-hydrogen) atoms. The zero-order chi connectivity index (χ0) is 18.7. The fraction of sp³-hybridized carbons (Fsp3) is 0.150. The predicted molar refractivity (Wildman–Crippen MR) is 96.9 cm³/mol. The van der Waals surface area contributed by atoms with Crippen molar-refractivity contribution in [1.82, 2.24) is 4.98 Å². The molecule has 1 aromatic carbocycles. The Hall–Kier alpha value is -3.41. The van der Waals surface area contributed by atoms with Gasteiger partial charge in [0.15, 0.2) is 5.69 Å². The molecule has 3 aromatic rings. The molecule has 2 aromatic heterocycles. The lowest BCUT2D eigenvalue weighted by atomic mass is 10.1. The highest BCUT2D eigenvalue weighted by atomic mass is 16.5. The Labute approximate surface area is 149 Å². The zero-order valence-electron chi connectivity index (χ0n) is 14.4. The van der Waals surface area contributed by atoms with Crippen molar-refractivity contribution < 1.29 is 19.1 Å². The molecule has 132 valence electrons. The lowest BCUT2D eigenvalue weighted by Gasteiger charge is -2.12. The highest BCUT2D eigenvalue weighted by Crippen LogP contribution is 2.32. The van der Waals surface area contributed by atoms with Crippen LogP contribution in [0.5, 0.6) is 11.5 Å². The number of carboxylic acid groups (broad SMARTS) is 1. The minimum atomic E-state index is -1.13. The van der Waals surface area contributed by atoms with Crippen LogP contribution in [0.15, 0.2) is 63.5 Å². The third-order valence-corrected chi connectivity index (χ3v) is 3.74.